The Morgan fingerprint density at radius 3 is 2.65 bits per heavy atom. The van der Waals surface area contributed by atoms with Crippen molar-refractivity contribution in [3.63, 3.8) is 0 Å². The van der Waals surface area contributed by atoms with E-state index in [0.717, 1.165) is 25.7 Å². The Bertz CT molecular complexity index is 542. The van der Waals surface area contributed by atoms with Gasteiger partial charge in [-0.3, -0.25) is 9.59 Å². The van der Waals surface area contributed by atoms with Crippen LogP contribution in [0, 0.1) is 0 Å². The Kier molecular flexibility index (Phi) is 3.66. The summed E-state index contributed by atoms with van der Waals surface area (Å²) in [5.74, 6) is -0.172. The van der Waals surface area contributed by atoms with Crippen molar-refractivity contribution in [2.45, 2.75) is 37.8 Å². The maximum atomic E-state index is 12.5. The van der Waals surface area contributed by atoms with Gasteiger partial charge in [0.05, 0.1) is 10.6 Å². The van der Waals surface area contributed by atoms with E-state index in [1.165, 1.54) is 0 Å². The van der Waals surface area contributed by atoms with E-state index in [1.807, 2.05) is 0 Å². The molecule has 1 aromatic rings. The second-order valence-electron chi connectivity index (χ2n) is 5.42. The van der Waals surface area contributed by atoms with E-state index < -0.39 is 0 Å². The zero-order chi connectivity index (χ0) is 14.1. The number of halogens is 1. The molecule has 2 aliphatic rings. The van der Waals surface area contributed by atoms with E-state index in [4.69, 9.17) is 11.6 Å². The number of likely N-dealkylation sites (tertiary alicyclic amines) is 1. The molecule has 1 unspecified atom stereocenters. The minimum absolute atomic E-state index is 0.0228. The number of hydrogen-bond donors (Lipinski definition) is 1. The van der Waals surface area contributed by atoms with Crippen LogP contribution in [0.2, 0.25) is 5.02 Å². The second kappa shape index (κ2) is 5.44. The molecule has 5 heteroatoms. The Hall–Kier alpha value is -1.55. The fourth-order valence-electron chi connectivity index (χ4n) is 2.60. The number of carbonyl (C=O) groups is 2. The van der Waals surface area contributed by atoms with Gasteiger partial charge in [-0.2, -0.15) is 0 Å². The van der Waals surface area contributed by atoms with E-state index in [1.54, 1.807) is 29.2 Å². The van der Waals surface area contributed by atoms with Crippen LogP contribution >= 0.6 is 11.6 Å². The Labute approximate surface area is 123 Å². The average Bonchev–Trinajstić information content (AvgIpc) is 3.11. The van der Waals surface area contributed by atoms with Gasteiger partial charge in [-0.1, -0.05) is 23.7 Å². The van der Waals surface area contributed by atoms with Crippen molar-refractivity contribution in [2.24, 2.45) is 0 Å². The standard InChI is InChI=1S/C15H17ClN2O2/c16-12-5-2-1-4-11(12)15(20)18-9-3-6-13(18)14(19)17-10-7-8-10/h1-2,4-5,10,13H,3,6-9H2,(H,17,19). The summed E-state index contributed by atoms with van der Waals surface area (Å²) >= 11 is 6.07. The summed E-state index contributed by atoms with van der Waals surface area (Å²) in [5, 5.41) is 3.42. The largest absolute Gasteiger partial charge is 0.352 e. The Balaban J connectivity index is 1.76. The van der Waals surface area contributed by atoms with Crippen LogP contribution in [0.3, 0.4) is 0 Å². The number of hydrogen-bond acceptors (Lipinski definition) is 2. The third kappa shape index (κ3) is 2.66. The molecule has 2 amide bonds. The maximum absolute atomic E-state index is 12.5. The highest BCUT2D eigenvalue weighted by atomic mass is 35.5. The van der Waals surface area contributed by atoms with Crippen LogP contribution in [0.4, 0.5) is 0 Å². The molecule has 1 atom stereocenters. The molecule has 106 valence electrons. The molecule has 1 saturated heterocycles. The second-order valence-corrected chi connectivity index (χ2v) is 5.83. The number of amides is 2. The van der Waals surface area contributed by atoms with Crippen LogP contribution in [-0.2, 0) is 4.79 Å². The van der Waals surface area contributed by atoms with Gasteiger partial charge < -0.3 is 10.2 Å². The van der Waals surface area contributed by atoms with E-state index in [0.29, 0.717) is 23.2 Å². The van der Waals surface area contributed by atoms with Crippen LogP contribution < -0.4 is 5.32 Å². The summed E-state index contributed by atoms with van der Waals surface area (Å²) in [5.41, 5.74) is 0.472. The number of benzene rings is 1. The molecule has 3 rings (SSSR count). The van der Waals surface area contributed by atoms with Crippen LogP contribution in [-0.4, -0.2) is 35.3 Å². The van der Waals surface area contributed by atoms with Gasteiger partial charge >= 0.3 is 0 Å². The van der Waals surface area contributed by atoms with Gasteiger partial charge in [-0.15, -0.1) is 0 Å². The van der Waals surface area contributed by atoms with Gasteiger partial charge in [-0.05, 0) is 37.8 Å². The molecular weight excluding hydrogens is 276 g/mol. The third-order valence-corrected chi connectivity index (χ3v) is 4.17. The maximum Gasteiger partial charge on any atom is 0.256 e. The molecule has 0 radical (unpaired) electrons. The van der Waals surface area contributed by atoms with Crippen LogP contribution in [0.5, 0.6) is 0 Å². The fraction of sp³-hybridized carbons (Fsp3) is 0.467. The average molecular weight is 293 g/mol. The zero-order valence-corrected chi connectivity index (χ0v) is 11.9. The van der Waals surface area contributed by atoms with Crippen molar-refractivity contribution < 1.29 is 9.59 Å². The number of nitrogens with zero attached hydrogens (tertiary/aromatic N) is 1. The summed E-state index contributed by atoms with van der Waals surface area (Å²) in [4.78, 5) is 26.4. The van der Waals surface area contributed by atoms with Gasteiger partial charge in [0.1, 0.15) is 6.04 Å². The molecule has 0 bridgehead atoms. The lowest BCUT2D eigenvalue weighted by atomic mass is 10.1. The first-order chi connectivity index (χ1) is 9.66. The van der Waals surface area contributed by atoms with Gasteiger partial charge in [0, 0.05) is 12.6 Å². The van der Waals surface area contributed by atoms with Crippen molar-refractivity contribution in [1.82, 2.24) is 10.2 Å². The van der Waals surface area contributed by atoms with Crippen LogP contribution in [0.25, 0.3) is 0 Å². The Morgan fingerprint density at radius 2 is 1.95 bits per heavy atom. The smallest absolute Gasteiger partial charge is 0.256 e. The molecule has 1 heterocycles. The highest BCUT2D eigenvalue weighted by Gasteiger charge is 2.37. The van der Waals surface area contributed by atoms with Crippen molar-refractivity contribution in [3.05, 3.63) is 34.9 Å². The molecule has 1 aliphatic carbocycles. The van der Waals surface area contributed by atoms with E-state index in [9.17, 15) is 9.59 Å². The highest BCUT2D eigenvalue weighted by Crippen LogP contribution is 2.25. The molecule has 1 saturated carbocycles. The molecule has 2 fully saturated rings. The lowest BCUT2D eigenvalue weighted by Crippen LogP contribution is -2.46. The Morgan fingerprint density at radius 1 is 1.20 bits per heavy atom. The molecule has 20 heavy (non-hydrogen) atoms. The van der Waals surface area contributed by atoms with Gasteiger partial charge in [0.25, 0.3) is 5.91 Å². The summed E-state index contributed by atoms with van der Waals surface area (Å²) in [6, 6.07) is 6.96. The quantitative estimate of drug-likeness (QED) is 0.929. The molecule has 0 spiro atoms. The van der Waals surface area contributed by atoms with Crippen LogP contribution in [0.15, 0.2) is 24.3 Å². The van der Waals surface area contributed by atoms with Crippen molar-refractivity contribution in [1.29, 1.82) is 0 Å². The third-order valence-electron chi connectivity index (χ3n) is 3.84. The van der Waals surface area contributed by atoms with Gasteiger partial charge in [0.15, 0.2) is 0 Å². The minimum Gasteiger partial charge on any atom is -0.352 e. The highest BCUT2D eigenvalue weighted by molar-refractivity contribution is 6.33. The number of nitrogens with one attached hydrogen (secondary N) is 1. The van der Waals surface area contributed by atoms with Crippen molar-refractivity contribution in [3.8, 4) is 0 Å². The van der Waals surface area contributed by atoms with Crippen molar-refractivity contribution >= 4 is 23.4 Å². The summed E-state index contributed by atoms with van der Waals surface area (Å²) in [7, 11) is 0. The number of carbonyl (C=O) groups excluding carboxylic acids is 2. The summed E-state index contributed by atoms with van der Waals surface area (Å²) in [6.45, 7) is 0.618. The summed E-state index contributed by atoms with van der Waals surface area (Å²) < 4.78 is 0. The lowest BCUT2D eigenvalue weighted by molar-refractivity contribution is -0.125. The first-order valence-corrected chi connectivity index (χ1v) is 7.40. The molecule has 1 N–H and O–H groups in total. The zero-order valence-electron chi connectivity index (χ0n) is 11.1. The number of rotatable bonds is 3. The van der Waals surface area contributed by atoms with Crippen molar-refractivity contribution in [2.75, 3.05) is 6.54 Å². The first kappa shape index (κ1) is 13.4. The summed E-state index contributed by atoms with van der Waals surface area (Å²) in [6.07, 6.45) is 3.70. The normalized spacial score (nSPS) is 21.9. The predicted molar refractivity (Wildman–Crippen MR) is 76.7 cm³/mol. The molecular formula is C15H17ClN2O2. The topological polar surface area (TPSA) is 49.4 Å². The van der Waals surface area contributed by atoms with E-state index in [2.05, 4.69) is 5.32 Å². The minimum atomic E-state index is -0.348. The molecule has 1 aromatic carbocycles. The predicted octanol–water partition coefficient (Wildman–Crippen LogP) is 2.22. The van der Waals surface area contributed by atoms with E-state index in [-0.39, 0.29) is 17.9 Å². The molecule has 1 aliphatic heterocycles. The first-order valence-electron chi connectivity index (χ1n) is 7.02. The van der Waals surface area contributed by atoms with Gasteiger partial charge in [-0.25, -0.2) is 0 Å². The van der Waals surface area contributed by atoms with Crippen LogP contribution in [0.1, 0.15) is 36.0 Å². The van der Waals surface area contributed by atoms with E-state index >= 15 is 0 Å². The molecule has 4 nitrogen and oxygen atoms in total. The fourth-order valence-corrected chi connectivity index (χ4v) is 2.81. The SMILES string of the molecule is O=C(NC1CC1)C1CCCN1C(=O)c1ccccc1Cl. The molecule has 0 aromatic heterocycles. The lowest BCUT2D eigenvalue weighted by Gasteiger charge is -2.24. The monoisotopic (exact) mass is 292 g/mol. The van der Waals surface area contributed by atoms with Gasteiger partial charge in [0.2, 0.25) is 5.91 Å².